The number of nitrogens with two attached hydrogens (primary N) is 1. The molecule has 0 atom stereocenters. The molecule has 0 heterocycles. The Labute approximate surface area is 103 Å². The van der Waals surface area contributed by atoms with Crippen LogP contribution in [0.3, 0.4) is 0 Å². The summed E-state index contributed by atoms with van der Waals surface area (Å²) in [6, 6.07) is 8.37. The SMILES string of the molecule is CC(C)(CCN)CNS(=O)(=O)c1ccccc1. The Kier molecular flexibility index (Phi) is 4.68. The number of benzene rings is 1. The summed E-state index contributed by atoms with van der Waals surface area (Å²) in [6.45, 7) is 4.93. The fraction of sp³-hybridized carbons (Fsp3) is 0.500. The lowest BCUT2D eigenvalue weighted by Gasteiger charge is -2.24. The topological polar surface area (TPSA) is 72.2 Å². The molecule has 0 bridgehead atoms. The third kappa shape index (κ3) is 4.46. The highest BCUT2D eigenvalue weighted by atomic mass is 32.2. The summed E-state index contributed by atoms with van der Waals surface area (Å²) in [4.78, 5) is 0.295. The van der Waals surface area contributed by atoms with Gasteiger partial charge in [0.25, 0.3) is 0 Å². The summed E-state index contributed by atoms with van der Waals surface area (Å²) >= 11 is 0. The zero-order chi connectivity index (χ0) is 12.9. The van der Waals surface area contributed by atoms with Crippen LogP contribution in [-0.2, 0) is 10.0 Å². The Hall–Kier alpha value is -0.910. The molecule has 0 aliphatic rings. The molecule has 0 aromatic heterocycles. The Morgan fingerprint density at radius 3 is 2.35 bits per heavy atom. The smallest absolute Gasteiger partial charge is 0.240 e. The Morgan fingerprint density at radius 1 is 1.24 bits per heavy atom. The fourth-order valence-electron chi connectivity index (χ4n) is 1.45. The molecule has 4 nitrogen and oxygen atoms in total. The van der Waals surface area contributed by atoms with Gasteiger partial charge < -0.3 is 5.73 Å². The number of rotatable bonds is 6. The van der Waals surface area contributed by atoms with Gasteiger partial charge in [-0.2, -0.15) is 0 Å². The van der Waals surface area contributed by atoms with Crippen LogP contribution in [0.25, 0.3) is 0 Å². The lowest BCUT2D eigenvalue weighted by Crippen LogP contribution is -2.35. The van der Waals surface area contributed by atoms with Gasteiger partial charge in [-0.1, -0.05) is 32.0 Å². The number of hydrogen-bond donors (Lipinski definition) is 2. The molecule has 17 heavy (non-hydrogen) atoms. The standard InChI is InChI=1S/C12H20N2O2S/c1-12(2,8-9-13)10-14-17(15,16)11-6-4-3-5-7-11/h3-7,14H,8-10,13H2,1-2H3. The third-order valence-electron chi connectivity index (χ3n) is 2.62. The molecule has 0 amide bonds. The second kappa shape index (κ2) is 5.62. The molecule has 0 aliphatic heterocycles. The van der Waals surface area contributed by atoms with E-state index >= 15 is 0 Å². The van der Waals surface area contributed by atoms with Crippen molar-refractivity contribution < 1.29 is 8.42 Å². The first kappa shape index (κ1) is 14.2. The lowest BCUT2D eigenvalue weighted by atomic mass is 9.90. The maximum absolute atomic E-state index is 11.9. The summed E-state index contributed by atoms with van der Waals surface area (Å²) in [5.41, 5.74) is 5.36. The van der Waals surface area contributed by atoms with Gasteiger partial charge in [0.15, 0.2) is 0 Å². The molecule has 0 spiro atoms. The molecule has 1 aromatic carbocycles. The van der Waals surface area contributed by atoms with Crippen LogP contribution >= 0.6 is 0 Å². The van der Waals surface area contributed by atoms with Crippen LogP contribution in [0.2, 0.25) is 0 Å². The fourth-order valence-corrected chi connectivity index (χ4v) is 2.72. The van der Waals surface area contributed by atoms with Crippen LogP contribution in [0.15, 0.2) is 35.2 Å². The normalized spacial score (nSPS) is 12.6. The lowest BCUT2D eigenvalue weighted by molar-refractivity contribution is 0.340. The van der Waals surface area contributed by atoms with E-state index < -0.39 is 10.0 Å². The van der Waals surface area contributed by atoms with Gasteiger partial charge in [0, 0.05) is 6.54 Å². The minimum atomic E-state index is -3.40. The van der Waals surface area contributed by atoms with E-state index in [9.17, 15) is 8.42 Å². The minimum Gasteiger partial charge on any atom is -0.330 e. The van der Waals surface area contributed by atoms with Crippen LogP contribution in [0.4, 0.5) is 0 Å². The van der Waals surface area contributed by atoms with E-state index in [1.165, 1.54) is 0 Å². The maximum atomic E-state index is 11.9. The molecule has 0 saturated carbocycles. The average molecular weight is 256 g/mol. The van der Waals surface area contributed by atoms with E-state index in [-0.39, 0.29) is 5.41 Å². The highest BCUT2D eigenvalue weighted by Crippen LogP contribution is 2.19. The highest BCUT2D eigenvalue weighted by Gasteiger charge is 2.21. The largest absolute Gasteiger partial charge is 0.330 e. The van der Waals surface area contributed by atoms with Gasteiger partial charge in [-0.05, 0) is 30.5 Å². The van der Waals surface area contributed by atoms with E-state index in [1.807, 2.05) is 13.8 Å². The Balaban J connectivity index is 2.69. The number of hydrogen-bond acceptors (Lipinski definition) is 3. The van der Waals surface area contributed by atoms with Crippen molar-refractivity contribution in [1.82, 2.24) is 4.72 Å². The van der Waals surface area contributed by atoms with Crippen LogP contribution in [0.5, 0.6) is 0 Å². The van der Waals surface area contributed by atoms with Crippen LogP contribution in [-0.4, -0.2) is 21.5 Å². The van der Waals surface area contributed by atoms with Crippen molar-refractivity contribution in [2.24, 2.45) is 11.1 Å². The first-order valence-corrected chi connectivity index (χ1v) is 7.10. The summed E-state index contributed by atoms with van der Waals surface area (Å²) in [7, 11) is -3.40. The molecule has 3 N–H and O–H groups in total. The van der Waals surface area contributed by atoms with Crippen molar-refractivity contribution in [3.63, 3.8) is 0 Å². The maximum Gasteiger partial charge on any atom is 0.240 e. The van der Waals surface area contributed by atoms with Crippen molar-refractivity contribution in [2.75, 3.05) is 13.1 Å². The monoisotopic (exact) mass is 256 g/mol. The van der Waals surface area contributed by atoms with Crippen molar-refractivity contribution in [1.29, 1.82) is 0 Å². The van der Waals surface area contributed by atoms with Crippen LogP contribution in [0.1, 0.15) is 20.3 Å². The second-order valence-electron chi connectivity index (χ2n) is 4.84. The first-order chi connectivity index (χ1) is 7.87. The molecule has 0 radical (unpaired) electrons. The summed E-state index contributed by atoms with van der Waals surface area (Å²) in [6.07, 6.45) is 0.782. The Bertz CT molecular complexity index is 441. The molecule has 0 unspecified atom stereocenters. The predicted molar refractivity (Wildman–Crippen MR) is 69.1 cm³/mol. The molecule has 0 saturated heterocycles. The zero-order valence-electron chi connectivity index (χ0n) is 10.3. The predicted octanol–water partition coefficient (Wildman–Crippen LogP) is 1.34. The van der Waals surface area contributed by atoms with E-state index in [1.54, 1.807) is 30.3 Å². The molecule has 0 aliphatic carbocycles. The minimum absolute atomic E-state index is 0.128. The third-order valence-corrected chi connectivity index (χ3v) is 4.03. The van der Waals surface area contributed by atoms with Gasteiger partial charge in [0.05, 0.1) is 4.90 Å². The molecule has 5 heteroatoms. The number of sulfonamides is 1. The molecular weight excluding hydrogens is 236 g/mol. The van der Waals surface area contributed by atoms with Crippen molar-refractivity contribution in [3.8, 4) is 0 Å². The van der Waals surface area contributed by atoms with E-state index in [0.29, 0.717) is 18.0 Å². The van der Waals surface area contributed by atoms with Crippen LogP contribution < -0.4 is 10.5 Å². The van der Waals surface area contributed by atoms with Crippen molar-refractivity contribution in [2.45, 2.75) is 25.2 Å². The highest BCUT2D eigenvalue weighted by molar-refractivity contribution is 7.89. The van der Waals surface area contributed by atoms with Gasteiger partial charge >= 0.3 is 0 Å². The van der Waals surface area contributed by atoms with Gasteiger partial charge in [0.2, 0.25) is 10.0 Å². The van der Waals surface area contributed by atoms with Gasteiger partial charge in [-0.25, -0.2) is 13.1 Å². The van der Waals surface area contributed by atoms with E-state index in [4.69, 9.17) is 5.73 Å². The molecule has 0 fully saturated rings. The average Bonchev–Trinajstić information content (AvgIpc) is 2.28. The van der Waals surface area contributed by atoms with Crippen LogP contribution in [0, 0.1) is 5.41 Å². The van der Waals surface area contributed by atoms with Gasteiger partial charge in [-0.15, -0.1) is 0 Å². The van der Waals surface area contributed by atoms with Gasteiger partial charge in [0.1, 0.15) is 0 Å². The Morgan fingerprint density at radius 2 is 1.82 bits per heavy atom. The van der Waals surface area contributed by atoms with Crippen molar-refractivity contribution >= 4 is 10.0 Å². The second-order valence-corrected chi connectivity index (χ2v) is 6.61. The van der Waals surface area contributed by atoms with Crippen molar-refractivity contribution in [3.05, 3.63) is 30.3 Å². The molecular formula is C12H20N2O2S. The molecule has 96 valence electrons. The van der Waals surface area contributed by atoms with E-state index in [2.05, 4.69) is 4.72 Å². The molecule has 1 aromatic rings. The number of nitrogens with one attached hydrogen (secondary N) is 1. The van der Waals surface area contributed by atoms with Gasteiger partial charge in [-0.3, -0.25) is 0 Å². The summed E-state index contributed by atoms with van der Waals surface area (Å²) < 4.78 is 26.5. The molecule has 1 rings (SSSR count). The van der Waals surface area contributed by atoms with E-state index in [0.717, 1.165) is 6.42 Å². The summed E-state index contributed by atoms with van der Waals surface area (Å²) in [5.74, 6) is 0. The quantitative estimate of drug-likeness (QED) is 0.806. The summed E-state index contributed by atoms with van der Waals surface area (Å²) in [5, 5.41) is 0. The zero-order valence-corrected chi connectivity index (χ0v) is 11.1. The first-order valence-electron chi connectivity index (χ1n) is 5.62.